The number of aliphatic hydroxyl groups is 1. The second-order valence-corrected chi connectivity index (χ2v) is 6.09. The van der Waals surface area contributed by atoms with Crippen molar-refractivity contribution in [3.05, 3.63) is 11.6 Å². The second kappa shape index (κ2) is 4.89. The molecule has 1 fully saturated rings. The van der Waals surface area contributed by atoms with Gasteiger partial charge in [0.05, 0.1) is 17.3 Å². The molecular weight excluding hydrogens is 200 g/mol. The largest absolute Gasteiger partial charge is 0.390 e. The first-order valence-corrected chi connectivity index (χ1v) is 6.26. The van der Waals surface area contributed by atoms with Crippen LogP contribution >= 0.6 is 0 Å². The lowest BCUT2D eigenvalue weighted by molar-refractivity contribution is 0.0663. The molecule has 1 saturated heterocycles. The van der Waals surface area contributed by atoms with E-state index < -0.39 is 5.60 Å². The van der Waals surface area contributed by atoms with E-state index in [1.807, 2.05) is 13.8 Å². The van der Waals surface area contributed by atoms with E-state index in [1.54, 1.807) is 0 Å². The van der Waals surface area contributed by atoms with Crippen molar-refractivity contribution in [3.8, 4) is 0 Å². The lowest BCUT2D eigenvalue weighted by Gasteiger charge is -2.16. The molecule has 2 atom stereocenters. The van der Waals surface area contributed by atoms with Gasteiger partial charge in [-0.3, -0.25) is 0 Å². The minimum atomic E-state index is -0.563. The highest BCUT2D eigenvalue weighted by atomic mass is 16.6. The zero-order chi connectivity index (χ0) is 12.4. The Morgan fingerprint density at radius 1 is 1.44 bits per heavy atom. The minimum absolute atomic E-state index is 0.0667. The third-order valence-electron chi connectivity index (χ3n) is 3.25. The Labute approximate surface area is 99.7 Å². The van der Waals surface area contributed by atoms with E-state index in [1.165, 1.54) is 5.57 Å². The van der Waals surface area contributed by atoms with Crippen molar-refractivity contribution >= 4 is 0 Å². The highest BCUT2D eigenvalue weighted by molar-refractivity contribution is 5.02. The van der Waals surface area contributed by atoms with Crippen LogP contribution in [0.4, 0.5) is 0 Å². The number of rotatable bonds is 6. The van der Waals surface area contributed by atoms with Crippen LogP contribution in [0.1, 0.15) is 60.3 Å². The van der Waals surface area contributed by atoms with Crippen LogP contribution in [0.2, 0.25) is 0 Å². The summed E-state index contributed by atoms with van der Waals surface area (Å²) in [6.07, 6.45) is 6.58. The van der Waals surface area contributed by atoms with Crippen LogP contribution in [-0.2, 0) is 4.74 Å². The average molecular weight is 226 g/mol. The van der Waals surface area contributed by atoms with Gasteiger partial charge in [0, 0.05) is 0 Å². The predicted octanol–water partition coefficient (Wildman–Crippen LogP) is 3.44. The zero-order valence-electron chi connectivity index (χ0n) is 11.3. The van der Waals surface area contributed by atoms with Crippen LogP contribution in [-0.4, -0.2) is 22.4 Å². The third kappa shape index (κ3) is 4.67. The molecule has 0 aromatic rings. The van der Waals surface area contributed by atoms with Gasteiger partial charge < -0.3 is 9.84 Å². The van der Waals surface area contributed by atoms with Crippen molar-refractivity contribution in [1.29, 1.82) is 0 Å². The van der Waals surface area contributed by atoms with Gasteiger partial charge in [-0.25, -0.2) is 0 Å². The molecule has 0 aromatic heterocycles. The summed E-state index contributed by atoms with van der Waals surface area (Å²) in [5.41, 5.74) is 0.876. The van der Waals surface area contributed by atoms with Crippen molar-refractivity contribution in [2.24, 2.45) is 0 Å². The van der Waals surface area contributed by atoms with Crippen LogP contribution in [0.15, 0.2) is 11.6 Å². The SMILES string of the molecule is CC(C)=CCC[C@@]1(C)O[C@@H]1CCC(C)(C)O. The molecule has 2 heteroatoms. The van der Waals surface area contributed by atoms with E-state index >= 15 is 0 Å². The van der Waals surface area contributed by atoms with Gasteiger partial charge in [0.2, 0.25) is 0 Å². The summed E-state index contributed by atoms with van der Waals surface area (Å²) in [6.45, 7) is 10.1. The van der Waals surface area contributed by atoms with Crippen LogP contribution in [0.5, 0.6) is 0 Å². The number of ether oxygens (including phenoxy) is 1. The van der Waals surface area contributed by atoms with Gasteiger partial charge in [0.15, 0.2) is 0 Å². The van der Waals surface area contributed by atoms with Crippen molar-refractivity contribution in [2.45, 2.75) is 77.6 Å². The predicted molar refractivity (Wildman–Crippen MR) is 67.5 cm³/mol. The fourth-order valence-corrected chi connectivity index (χ4v) is 2.01. The van der Waals surface area contributed by atoms with Crippen molar-refractivity contribution < 1.29 is 9.84 Å². The summed E-state index contributed by atoms with van der Waals surface area (Å²) < 4.78 is 5.74. The molecule has 0 amide bonds. The molecule has 16 heavy (non-hydrogen) atoms. The van der Waals surface area contributed by atoms with Gasteiger partial charge in [0.25, 0.3) is 0 Å². The smallest absolute Gasteiger partial charge is 0.0923 e. The molecule has 2 nitrogen and oxygen atoms in total. The third-order valence-corrected chi connectivity index (χ3v) is 3.25. The van der Waals surface area contributed by atoms with E-state index in [2.05, 4.69) is 26.8 Å². The molecule has 0 spiro atoms. The standard InChI is InChI=1S/C14H26O2/c1-11(2)7-6-9-14(5)12(16-14)8-10-13(3,4)15/h7,12,15H,6,8-10H2,1-5H3/t12-,14-/m1/s1. The molecule has 0 bridgehead atoms. The van der Waals surface area contributed by atoms with Gasteiger partial charge in [0.1, 0.15) is 0 Å². The van der Waals surface area contributed by atoms with Crippen LogP contribution < -0.4 is 0 Å². The van der Waals surface area contributed by atoms with Crippen molar-refractivity contribution in [2.75, 3.05) is 0 Å². The maximum atomic E-state index is 9.65. The van der Waals surface area contributed by atoms with E-state index in [0.717, 1.165) is 25.7 Å². The normalized spacial score (nSPS) is 29.0. The first-order valence-electron chi connectivity index (χ1n) is 6.26. The molecule has 1 heterocycles. The Bertz CT molecular complexity index is 258. The molecule has 1 rings (SSSR count). The molecule has 1 N–H and O–H groups in total. The topological polar surface area (TPSA) is 32.8 Å². The summed E-state index contributed by atoms with van der Waals surface area (Å²) >= 11 is 0. The van der Waals surface area contributed by atoms with Crippen LogP contribution in [0.3, 0.4) is 0 Å². The molecule has 0 unspecified atom stereocenters. The highest BCUT2D eigenvalue weighted by Gasteiger charge is 2.50. The Balaban J connectivity index is 2.23. The summed E-state index contributed by atoms with van der Waals surface area (Å²) in [7, 11) is 0. The molecule has 1 aliphatic rings. The Morgan fingerprint density at radius 2 is 2.06 bits per heavy atom. The minimum Gasteiger partial charge on any atom is -0.390 e. The summed E-state index contributed by atoms with van der Waals surface area (Å²) in [5, 5.41) is 9.65. The fourth-order valence-electron chi connectivity index (χ4n) is 2.01. The van der Waals surface area contributed by atoms with E-state index in [0.29, 0.717) is 6.10 Å². The Kier molecular flexibility index (Phi) is 4.19. The molecular formula is C14H26O2. The van der Waals surface area contributed by atoms with Crippen LogP contribution in [0, 0.1) is 0 Å². The maximum Gasteiger partial charge on any atom is 0.0923 e. The molecule has 0 saturated carbocycles. The van der Waals surface area contributed by atoms with Gasteiger partial charge in [-0.05, 0) is 60.3 Å². The van der Waals surface area contributed by atoms with Gasteiger partial charge >= 0.3 is 0 Å². The molecule has 0 aromatic carbocycles. The van der Waals surface area contributed by atoms with Crippen molar-refractivity contribution in [1.82, 2.24) is 0 Å². The quantitative estimate of drug-likeness (QED) is 0.556. The van der Waals surface area contributed by atoms with Gasteiger partial charge in [-0.2, -0.15) is 0 Å². The molecule has 0 radical (unpaired) electrons. The summed E-state index contributed by atoms with van der Waals surface area (Å²) in [5.74, 6) is 0. The lowest BCUT2D eigenvalue weighted by atomic mass is 9.94. The number of epoxide rings is 1. The number of allylic oxidation sites excluding steroid dienone is 2. The highest BCUT2D eigenvalue weighted by Crippen LogP contribution is 2.43. The molecule has 94 valence electrons. The second-order valence-electron chi connectivity index (χ2n) is 6.09. The first kappa shape index (κ1) is 13.7. The Morgan fingerprint density at radius 3 is 2.56 bits per heavy atom. The number of hydrogen-bond donors (Lipinski definition) is 1. The molecule has 1 aliphatic heterocycles. The lowest BCUT2D eigenvalue weighted by Crippen LogP contribution is -2.20. The van der Waals surface area contributed by atoms with Gasteiger partial charge in [-0.1, -0.05) is 11.6 Å². The first-order chi connectivity index (χ1) is 7.23. The zero-order valence-corrected chi connectivity index (χ0v) is 11.3. The van der Waals surface area contributed by atoms with Crippen molar-refractivity contribution in [3.63, 3.8) is 0 Å². The fraction of sp³-hybridized carbons (Fsp3) is 0.857. The Hall–Kier alpha value is -0.340. The van der Waals surface area contributed by atoms with E-state index in [4.69, 9.17) is 4.74 Å². The summed E-state index contributed by atoms with van der Waals surface area (Å²) in [6, 6.07) is 0. The summed E-state index contributed by atoms with van der Waals surface area (Å²) in [4.78, 5) is 0. The van der Waals surface area contributed by atoms with E-state index in [-0.39, 0.29) is 5.60 Å². The maximum absolute atomic E-state index is 9.65. The monoisotopic (exact) mass is 226 g/mol. The molecule has 0 aliphatic carbocycles. The van der Waals surface area contributed by atoms with Crippen LogP contribution in [0.25, 0.3) is 0 Å². The van der Waals surface area contributed by atoms with E-state index in [9.17, 15) is 5.11 Å². The van der Waals surface area contributed by atoms with Gasteiger partial charge in [-0.15, -0.1) is 0 Å². The number of hydrogen-bond acceptors (Lipinski definition) is 2. The average Bonchev–Trinajstić information content (AvgIpc) is 2.72.